The maximum Gasteiger partial charge on any atom is 0.313 e. The van der Waals surface area contributed by atoms with Gasteiger partial charge in [-0.3, -0.25) is 39.0 Å². The van der Waals surface area contributed by atoms with Crippen molar-refractivity contribution < 1.29 is 108 Å². The quantitative estimate of drug-likeness (QED) is 0.0184. The molecule has 1 fully saturated rings. The number of anilines is 1. The van der Waals surface area contributed by atoms with Crippen molar-refractivity contribution >= 4 is 41.2 Å². The smallest absolute Gasteiger partial charge is 0.313 e. The molecule has 4 rings (SSSR count). The maximum absolute atomic E-state index is 13.6. The van der Waals surface area contributed by atoms with Crippen LogP contribution in [-0.4, -0.2) is 192 Å². The summed E-state index contributed by atoms with van der Waals surface area (Å²) in [4.78, 5) is 75.3. The van der Waals surface area contributed by atoms with E-state index < -0.39 is 76.9 Å². The normalized spacial score (nSPS) is 14.5. The van der Waals surface area contributed by atoms with E-state index in [1.165, 1.54) is 12.1 Å². The minimum absolute atomic E-state index is 0.0128. The Morgan fingerprint density at radius 1 is 0.514 bits per heavy atom. The van der Waals surface area contributed by atoms with E-state index in [1.807, 2.05) is 0 Å². The van der Waals surface area contributed by atoms with Gasteiger partial charge in [-0.15, -0.1) is 0 Å². The van der Waals surface area contributed by atoms with Crippen LogP contribution in [0.4, 0.5) is 27.6 Å². The van der Waals surface area contributed by atoms with E-state index in [-0.39, 0.29) is 75.0 Å². The van der Waals surface area contributed by atoms with Crippen LogP contribution in [0, 0.1) is 29.1 Å². The predicted molar refractivity (Wildman–Crippen MR) is 246 cm³/mol. The number of rotatable bonds is 42. The van der Waals surface area contributed by atoms with Crippen molar-refractivity contribution in [2.45, 2.75) is 51.0 Å². The zero-order valence-corrected chi connectivity index (χ0v) is 41.0. The van der Waals surface area contributed by atoms with Crippen LogP contribution < -0.4 is 15.4 Å². The molecule has 0 spiro atoms. The number of halogens is 5. The molecule has 0 bridgehead atoms. The molecule has 2 aromatic rings. The molecule has 414 valence electrons. The number of ether oxygens (including phenoxy) is 12. The van der Waals surface area contributed by atoms with Gasteiger partial charge >= 0.3 is 5.97 Å². The van der Waals surface area contributed by atoms with Gasteiger partial charge in [0.25, 0.3) is 11.8 Å². The fourth-order valence-corrected chi connectivity index (χ4v) is 6.79. The molecule has 21 nitrogen and oxygen atoms in total. The van der Waals surface area contributed by atoms with Gasteiger partial charge in [0.1, 0.15) is 6.04 Å². The van der Waals surface area contributed by atoms with Gasteiger partial charge in [-0.05, 0) is 31.4 Å². The van der Waals surface area contributed by atoms with Gasteiger partial charge < -0.3 is 62.2 Å². The number of piperidine rings is 1. The van der Waals surface area contributed by atoms with Crippen LogP contribution in [0.2, 0.25) is 0 Å². The van der Waals surface area contributed by atoms with Crippen molar-refractivity contribution in [3.8, 4) is 5.75 Å². The molecule has 2 aromatic carbocycles. The van der Waals surface area contributed by atoms with Gasteiger partial charge in [0.2, 0.25) is 52.6 Å². The number of carbonyl (C=O) groups is 6. The number of hydrogen-bond acceptors (Lipinski definition) is 18. The van der Waals surface area contributed by atoms with E-state index in [2.05, 4.69) is 15.4 Å². The second-order valence-corrected chi connectivity index (χ2v) is 15.9. The predicted octanol–water partition coefficient (Wildman–Crippen LogP) is 3.46. The Hall–Kier alpha value is -5.13. The number of esters is 1. The molecule has 0 saturated carbocycles. The molecule has 1 atom stereocenters. The molecule has 2 heterocycles. The summed E-state index contributed by atoms with van der Waals surface area (Å²) in [5.41, 5.74) is 0.329. The van der Waals surface area contributed by atoms with Crippen molar-refractivity contribution in [2.24, 2.45) is 0 Å². The summed E-state index contributed by atoms with van der Waals surface area (Å²) in [6, 6.07) is 3.47. The van der Waals surface area contributed by atoms with Crippen LogP contribution in [0.1, 0.15) is 65.7 Å². The lowest BCUT2D eigenvalue weighted by atomic mass is 10.0. The molecule has 0 aliphatic carbocycles. The standard InChI is InChI=1S/C48H64F5N3O18/c49-40-41(50)43(52)45(44(53)42(40)51)74-38(59)10-12-64-14-16-66-18-20-68-22-24-70-26-28-72-30-32-73-31-29-71-27-25-69-23-21-67-19-17-65-15-13-63-11-3-1-2-7-36(57)54-34-6-4-5-33-39(34)48(62)56(47(33)61)35-8-9-37(58)55-46(35)60/h4-6,35H,1-3,7-32H2,(H,54,57)(H,55,58,60). The first-order valence-corrected chi connectivity index (χ1v) is 24.1. The second kappa shape index (κ2) is 36.0. The monoisotopic (exact) mass is 1070 g/mol. The van der Waals surface area contributed by atoms with Crippen molar-refractivity contribution in [3.63, 3.8) is 0 Å². The van der Waals surface area contributed by atoms with Crippen molar-refractivity contribution in [3.05, 3.63) is 58.4 Å². The van der Waals surface area contributed by atoms with Gasteiger partial charge in [-0.1, -0.05) is 12.5 Å². The first-order valence-electron chi connectivity index (χ1n) is 24.1. The van der Waals surface area contributed by atoms with Crippen molar-refractivity contribution in [1.29, 1.82) is 0 Å². The zero-order chi connectivity index (χ0) is 53.3. The Morgan fingerprint density at radius 2 is 0.932 bits per heavy atom. The average molecular weight is 1070 g/mol. The number of nitrogens with one attached hydrogen (secondary N) is 2. The summed E-state index contributed by atoms with van der Waals surface area (Å²) < 4.78 is 131. The molecular formula is C48H64F5N3O18. The number of nitrogens with zero attached hydrogens (tertiary/aromatic N) is 1. The molecule has 1 saturated heterocycles. The topological polar surface area (TPSA) is 240 Å². The highest BCUT2D eigenvalue weighted by Gasteiger charge is 2.45. The third kappa shape index (κ3) is 22.0. The number of unbranched alkanes of at least 4 members (excludes halogenated alkanes) is 2. The van der Waals surface area contributed by atoms with Gasteiger partial charge in [0, 0.05) is 19.4 Å². The number of imide groups is 2. The van der Waals surface area contributed by atoms with Crippen LogP contribution in [-0.2, 0) is 71.3 Å². The maximum atomic E-state index is 13.6. The van der Waals surface area contributed by atoms with E-state index in [4.69, 9.17) is 52.1 Å². The van der Waals surface area contributed by atoms with Crippen molar-refractivity contribution in [1.82, 2.24) is 10.2 Å². The number of hydrogen-bond donors (Lipinski definition) is 2. The molecule has 0 aromatic heterocycles. The molecule has 0 radical (unpaired) electrons. The van der Waals surface area contributed by atoms with Crippen LogP contribution >= 0.6 is 0 Å². The van der Waals surface area contributed by atoms with Crippen molar-refractivity contribution in [2.75, 3.05) is 151 Å². The third-order valence-corrected chi connectivity index (χ3v) is 10.5. The average Bonchev–Trinajstić information content (AvgIpc) is 3.64. The third-order valence-electron chi connectivity index (χ3n) is 10.5. The lowest BCUT2D eigenvalue weighted by Crippen LogP contribution is -2.54. The molecule has 2 aliphatic heterocycles. The van der Waals surface area contributed by atoms with Crippen LogP contribution in [0.25, 0.3) is 0 Å². The minimum Gasteiger partial charge on any atom is -0.420 e. The number of amides is 5. The minimum atomic E-state index is -2.36. The summed E-state index contributed by atoms with van der Waals surface area (Å²) in [5, 5.41) is 4.88. The molecule has 1 unspecified atom stereocenters. The van der Waals surface area contributed by atoms with E-state index in [0.29, 0.717) is 119 Å². The lowest BCUT2D eigenvalue weighted by Gasteiger charge is -2.27. The van der Waals surface area contributed by atoms with Gasteiger partial charge in [-0.25, -0.2) is 13.2 Å². The summed E-state index contributed by atoms with van der Waals surface area (Å²) >= 11 is 0. The van der Waals surface area contributed by atoms with Crippen LogP contribution in [0.5, 0.6) is 5.75 Å². The fraction of sp³-hybridized carbons (Fsp3) is 0.625. The van der Waals surface area contributed by atoms with Gasteiger partial charge in [-0.2, -0.15) is 8.78 Å². The highest BCUT2D eigenvalue weighted by molar-refractivity contribution is 6.26. The Bertz CT molecular complexity index is 2060. The Balaban J connectivity index is 0.797. The van der Waals surface area contributed by atoms with Crippen LogP contribution in [0.15, 0.2) is 18.2 Å². The molecule has 2 N–H and O–H groups in total. The first kappa shape index (κ1) is 61.4. The summed E-state index contributed by atoms with van der Waals surface area (Å²) in [5.74, 6) is -17.0. The Kier molecular flexibility index (Phi) is 29.8. The van der Waals surface area contributed by atoms with Crippen LogP contribution in [0.3, 0.4) is 0 Å². The van der Waals surface area contributed by atoms with E-state index >= 15 is 0 Å². The molecule has 74 heavy (non-hydrogen) atoms. The summed E-state index contributed by atoms with van der Waals surface area (Å²) in [6.07, 6.45) is 1.82. The SMILES string of the molecule is O=C1CCC(N2C(=O)c3cccc(NC(=O)CCCCCOCCOCCOCCOCCOCCOCCOCCOCCOCCOCCOCCC(=O)Oc4c(F)c(F)c(F)c(F)c4F)c3C2=O)C(=O)N1. The molecule has 26 heteroatoms. The number of benzene rings is 2. The van der Waals surface area contributed by atoms with Gasteiger partial charge in [0.05, 0.1) is 162 Å². The highest BCUT2D eigenvalue weighted by Crippen LogP contribution is 2.33. The van der Waals surface area contributed by atoms with E-state index in [9.17, 15) is 50.7 Å². The second-order valence-electron chi connectivity index (χ2n) is 15.9. The largest absolute Gasteiger partial charge is 0.420 e. The Labute approximate surface area is 424 Å². The Morgan fingerprint density at radius 3 is 1.38 bits per heavy atom. The number of carbonyl (C=O) groups excluding carboxylic acids is 6. The van der Waals surface area contributed by atoms with Gasteiger partial charge in [0.15, 0.2) is 0 Å². The first-order chi connectivity index (χ1) is 35.9. The van der Waals surface area contributed by atoms with E-state index in [1.54, 1.807) is 6.07 Å². The molecule has 2 aliphatic rings. The summed E-state index contributed by atoms with van der Waals surface area (Å²) in [7, 11) is 0. The zero-order valence-electron chi connectivity index (χ0n) is 41.0. The number of fused-ring (bicyclic) bond motifs is 1. The highest BCUT2D eigenvalue weighted by atomic mass is 19.2. The fourth-order valence-electron chi connectivity index (χ4n) is 6.79. The molecular weight excluding hydrogens is 1000 g/mol. The lowest BCUT2D eigenvalue weighted by molar-refractivity contribution is -0.137. The molecule has 5 amide bonds. The van der Waals surface area contributed by atoms with E-state index in [0.717, 1.165) is 17.7 Å². The summed E-state index contributed by atoms with van der Waals surface area (Å²) in [6.45, 7) is 7.40.